The van der Waals surface area contributed by atoms with Gasteiger partial charge >= 0.3 is 0 Å². The molecule has 6 nitrogen and oxygen atoms in total. The van der Waals surface area contributed by atoms with E-state index >= 15 is 0 Å². The fraction of sp³-hybridized carbons (Fsp3) is 0. The third-order valence-electron chi connectivity index (χ3n) is 1.74. The Labute approximate surface area is 96.8 Å². The van der Waals surface area contributed by atoms with Gasteiger partial charge in [-0.25, -0.2) is 23.1 Å². The van der Waals surface area contributed by atoms with E-state index < -0.39 is 10.0 Å². The van der Waals surface area contributed by atoms with Gasteiger partial charge in [0, 0.05) is 18.6 Å². The predicted octanol–water partition coefficient (Wildman–Crippen LogP) is 1.26. The molecule has 8 heteroatoms. The number of rotatable bonds is 3. The molecule has 0 bridgehead atoms. The largest absolute Gasteiger partial charge is 0.330 e. The first-order valence-corrected chi connectivity index (χ1v) is 6.08. The highest BCUT2D eigenvalue weighted by Gasteiger charge is 2.15. The quantitative estimate of drug-likeness (QED) is 0.812. The third-order valence-corrected chi connectivity index (χ3v) is 3.28. The van der Waals surface area contributed by atoms with E-state index in [-0.39, 0.29) is 16.0 Å². The van der Waals surface area contributed by atoms with Gasteiger partial charge in [0.1, 0.15) is 5.15 Å². The van der Waals surface area contributed by atoms with Crippen molar-refractivity contribution < 1.29 is 8.42 Å². The average Bonchev–Trinajstić information content (AvgIpc) is 2.70. The summed E-state index contributed by atoms with van der Waals surface area (Å²) < 4.78 is 25.8. The highest BCUT2D eigenvalue weighted by atomic mass is 35.5. The Bertz CT molecular complexity index is 582. The first-order chi connectivity index (χ1) is 7.58. The highest BCUT2D eigenvalue weighted by Crippen LogP contribution is 2.15. The van der Waals surface area contributed by atoms with Crippen molar-refractivity contribution in [3.8, 4) is 0 Å². The minimum absolute atomic E-state index is 0.0314. The maximum atomic E-state index is 11.8. The van der Waals surface area contributed by atoms with E-state index in [0.29, 0.717) is 0 Å². The number of halogens is 1. The van der Waals surface area contributed by atoms with E-state index in [1.807, 2.05) is 0 Å². The van der Waals surface area contributed by atoms with Gasteiger partial charge in [-0.15, -0.1) is 0 Å². The van der Waals surface area contributed by atoms with Crippen molar-refractivity contribution in [2.75, 3.05) is 4.72 Å². The highest BCUT2D eigenvalue weighted by molar-refractivity contribution is 7.92. The minimum Gasteiger partial charge on any atom is -0.330 e. The number of nitrogens with zero attached hydrogens (tertiary/aromatic N) is 2. The molecule has 0 atom stereocenters. The van der Waals surface area contributed by atoms with Crippen LogP contribution < -0.4 is 4.72 Å². The lowest BCUT2D eigenvalue weighted by molar-refractivity contribution is 0.600. The van der Waals surface area contributed by atoms with Crippen molar-refractivity contribution in [3.63, 3.8) is 0 Å². The molecule has 2 aromatic rings. The summed E-state index contributed by atoms with van der Waals surface area (Å²) in [5.41, 5.74) is 0. The lowest BCUT2D eigenvalue weighted by Gasteiger charge is -2.04. The van der Waals surface area contributed by atoms with Crippen LogP contribution in [0.5, 0.6) is 0 Å². The van der Waals surface area contributed by atoms with Gasteiger partial charge in [-0.3, -0.25) is 0 Å². The number of sulfonamides is 1. The minimum atomic E-state index is -3.67. The second-order valence-corrected chi connectivity index (χ2v) is 4.93. The maximum absolute atomic E-state index is 11.8. The SMILES string of the molecule is O=S(=O)(Nc1ncc[nH]1)c1ccnc(Cl)c1. The summed E-state index contributed by atoms with van der Waals surface area (Å²) in [7, 11) is -3.67. The van der Waals surface area contributed by atoms with E-state index in [9.17, 15) is 8.42 Å². The molecule has 84 valence electrons. The normalized spacial score (nSPS) is 11.3. The van der Waals surface area contributed by atoms with Gasteiger partial charge in [-0.1, -0.05) is 11.6 Å². The number of aromatic amines is 1. The summed E-state index contributed by atoms with van der Waals surface area (Å²) in [6.45, 7) is 0. The molecular weight excluding hydrogens is 252 g/mol. The molecule has 16 heavy (non-hydrogen) atoms. The molecule has 0 saturated carbocycles. The van der Waals surface area contributed by atoms with Crippen molar-refractivity contribution in [2.24, 2.45) is 0 Å². The van der Waals surface area contributed by atoms with Crippen LogP contribution in [0.3, 0.4) is 0 Å². The molecule has 0 radical (unpaired) electrons. The number of nitrogens with one attached hydrogen (secondary N) is 2. The van der Waals surface area contributed by atoms with Gasteiger partial charge < -0.3 is 4.98 Å². The van der Waals surface area contributed by atoms with Gasteiger partial charge in [-0.05, 0) is 12.1 Å². The van der Waals surface area contributed by atoms with Crippen LogP contribution in [0.2, 0.25) is 5.15 Å². The van der Waals surface area contributed by atoms with Crippen LogP contribution in [0, 0.1) is 0 Å². The molecule has 0 unspecified atom stereocenters. The van der Waals surface area contributed by atoms with Crippen LogP contribution in [0.25, 0.3) is 0 Å². The van der Waals surface area contributed by atoms with Crippen LogP contribution in [-0.2, 0) is 10.0 Å². The number of pyridine rings is 1. The first kappa shape index (κ1) is 10.9. The zero-order valence-corrected chi connectivity index (χ0v) is 9.46. The Hall–Kier alpha value is -1.60. The van der Waals surface area contributed by atoms with E-state index in [0.717, 1.165) is 0 Å². The second-order valence-electron chi connectivity index (χ2n) is 2.86. The third kappa shape index (κ3) is 2.31. The smallest absolute Gasteiger partial charge is 0.264 e. The Morgan fingerprint density at radius 3 is 2.75 bits per heavy atom. The van der Waals surface area contributed by atoms with Crippen molar-refractivity contribution >= 4 is 27.6 Å². The van der Waals surface area contributed by atoms with E-state index in [2.05, 4.69) is 19.7 Å². The number of anilines is 1. The Morgan fingerprint density at radius 2 is 2.12 bits per heavy atom. The molecule has 0 amide bonds. The topological polar surface area (TPSA) is 87.7 Å². The molecule has 2 N–H and O–H groups in total. The summed E-state index contributed by atoms with van der Waals surface area (Å²) >= 11 is 5.61. The Kier molecular flexibility index (Phi) is 2.80. The predicted molar refractivity (Wildman–Crippen MR) is 58.6 cm³/mol. The van der Waals surface area contributed by atoms with Crippen LogP contribution in [-0.4, -0.2) is 23.4 Å². The fourth-order valence-electron chi connectivity index (χ4n) is 1.06. The molecule has 0 spiro atoms. The van der Waals surface area contributed by atoms with Gasteiger partial charge in [0.25, 0.3) is 10.0 Å². The van der Waals surface area contributed by atoms with Crippen LogP contribution in [0.1, 0.15) is 0 Å². The summed E-state index contributed by atoms with van der Waals surface area (Å²) in [4.78, 5) is 10.1. The molecule has 0 saturated heterocycles. The fourth-order valence-corrected chi connectivity index (χ4v) is 2.29. The number of hydrogen-bond donors (Lipinski definition) is 2. The summed E-state index contributed by atoms with van der Waals surface area (Å²) in [6, 6.07) is 2.60. The molecule has 2 aromatic heterocycles. The zero-order chi connectivity index (χ0) is 11.6. The van der Waals surface area contributed by atoms with Gasteiger partial charge in [-0.2, -0.15) is 0 Å². The van der Waals surface area contributed by atoms with Gasteiger partial charge in [0.2, 0.25) is 5.95 Å². The molecule has 0 fully saturated rings. The Balaban J connectivity index is 2.33. The molecule has 0 aliphatic rings. The molecular formula is C8H7ClN4O2S. The van der Waals surface area contributed by atoms with Gasteiger partial charge in [0.15, 0.2) is 0 Å². The molecule has 0 aromatic carbocycles. The van der Waals surface area contributed by atoms with E-state index in [4.69, 9.17) is 11.6 Å². The lowest BCUT2D eigenvalue weighted by Crippen LogP contribution is -2.13. The van der Waals surface area contributed by atoms with Crippen LogP contribution >= 0.6 is 11.6 Å². The second kappa shape index (κ2) is 4.11. The molecule has 2 heterocycles. The lowest BCUT2D eigenvalue weighted by atomic mass is 10.5. The van der Waals surface area contributed by atoms with Crippen molar-refractivity contribution in [2.45, 2.75) is 4.90 Å². The van der Waals surface area contributed by atoms with E-state index in [1.165, 1.54) is 30.7 Å². The standard InChI is InChI=1S/C8H7ClN4O2S/c9-7-5-6(1-2-10-7)16(14,15)13-8-11-3-4-12-8/h1-5H,(H2,11,12,13). The van der Waals surface area contributed by atoms with Crippen LogP contribution in [0.4, 0.5) is 5.95 Å². The molecule has 0 aliphatic carbocycles. The number of aromatic nitrogens is 3. The van der Waals surface area contributed by atoms with Gasteiger partial charge in [0.05, 0.1) is 4.90 Å². The number of imidazole rings is 1. The number of hydrogen-bond acceptors (Lipinski definition) is 4. The maximum Gasteiger partial charge on any atom is 0.264 e. The number of H-pyrrole nitrogens is 1. The molecule has 0 aliphatic heterocycles. The van der Waals surface area contributed by atoms with E-state index in [1.54, 1.807) is 0 Å². The summed E-state index contributed by atoms with van der Waals surface area (Å²) in [5.74, 6) is 0.146. The van der Waals surface area contributed by atoms with Crippen LogP contribution in [0.15, 0.2) is 35.6 Å². The Morgan fingerprint density at radius 1 is 1.31 bits per heavy atom. The van der Waals surface area contributed by atoms with Crippen molar-refractivity contribution in [3.05, 3.63) is 35.9 Å². The average molecular weight is 259 g/mol. The van der Waals surface area contributed by atoms with Crippen molar-refractivity contribution in [1.82, 2.24) is 15.0 Å². The summed E-state index contributed by atoms with van der Waals surface area (Å²) in [6.07, 6.45) is 4.27. The monoisotopic (exact) mass is 258 g/mol. The zero-order valence-electron chi connectivity index (χ0n) is 7.88. The molecule has 2 rings (SSSR count). The summed E-state index contributed by atoms with van der Waals surface area (Å²) in [5, 5.41) is 0.113. The first-order valence-electron chi connectivity index (χ1n) is 4.22. The van der Waals surface area contributed by atoms with Crippen molar-refractivity contribution in [1.29, 1.82) is 0 Å².